The van der Waals surface area contributed by atoms with Crippen molar-refractivity contribution in [2.75, 3.05) is 11.9 Å². The summed E-state index contributed by atoms with van der Waals surface area (Å²) in [5.41, 5.74) is 6.35. The lowest BCUT2D eigenvalue weighted by Gasteiger charge is -2.29. The quantitative estimate of drug-likeness (QED) is 0.443. The van der Waals surface area contributed by atoms with Gasteiger partial charge in [0.1, 0.15) is 0 Å². The second-order valence-corrected chi connectivity index (χ2v) is 5.57. The Hall–Kier alpha value is -2.74. The molecule has 0 radical (unpaired) electrons. The lowest BCUT2D eigenvalue weighted by molar-refractivity contribution is 1.08. The van der Waals surface area contributed by atoms with Gasteiger partial charge >= 0.3 is 0 Å². The fraction of sp³-hybridized carbons (Fsp3) is 0.0526. The summed E-state index contributed by atoms with van der Waals surface area (Å²) in [6.45, 7) is 0. The zero-order chi connectivity index (χ0) is 14.0. The third-order valence-corrected chi connectivity index (χ3v) is 4.52. The molecule has 0 aliphatic carbocycles. The van der Waals surface area contributed by atoms with Crippen molar-refractivity contribution in [3.05, 3.63) is 66.7 Å². The fourth-order valence-electron chi connectivity index (χ4n) is 3.59. The molecule has 0 fully saturated rings. The third kappa shape index (κ3) is 1.23. The average molecular weight is 270 g/mol. The zero-order valence-electron chi connectivity index (χ0n) is 11.7. The van der Waals surface area contributed by atoms with Gasteiger partial charge in [0.2, 0.25) is 0 Å². The molecule has 0 bridgehead atoms. The molecule has 5 rings (SSSR count). The van der Waals surface area contributed by atoms with E-state index in [1.807, 2.05) is 0 Å². The minimum absolute atomic E-state index is 1.25. The van der Waals surface area contributed by atoms with Gasteiger partial charge in [-0.05, 0) is 24.3 Å². The molecular formula is C19H14N2. The van der Waals surface area contributed by atoms with E-state index in [1.165, 1.54) is 38.9 Å². The van der Waals surface area contributed by atoms with Gasteiger partial charge in [-0.15, -0.1) is 0 Å². The van der Waals surface area contributed by atoms with Crippen LogP contribution in [0.4, 0.5) is 11.4 Å². The van der Waals surface area contributed by atoms with Gasteiger partial charge in [0.05, 0.1) is 28.1 Å². The topological polar surface area (TPSA) is 8.17 Å². The summed E-state index contributed by atoms with van der Waals surface area (Å²) < 4.78 is 2.40. The summed E-state index contributed by atoms with van der Waals surface area (Å²) in [7, 11) is 2.15. The standard InChI is InChI=1S/C19H14N2/c1-20-16-10-4-5-11-17(16)21-15-9-3-2-7-13(15)14-8-6-12-18(20)19(14)21/h2-12H,1H3. The summed E-state index contributed by atoms with van der Waals surface area (Å²) in [5, 5.41) is 2.64. The Labute approximate surface area is 122 Å². The van der Waals surface area contributed by atoms with Crippen LogP contribution in [0.3, 0.4) is 0 Å². The molecule has 0 saturated heterocycles. The van der Waals surface area contributed by atoms with Crippen molar-refractivity contribution in [3.8, 4) is 5.69 Å². The summed E-state index contributed by atoms with van der Waals surface area (Å²) in [6, 6.07) is 23.8. The van der Waals surface area contributed by atoms with Gasteiger partial charge in [-0.2, -0.15) is 0 Å². The Kier molecular flexibility index (Phi) is 1.92. The van der Waals surface area contributed by atoms with E-state index in [9.17, 15) is 0 Å². The van der Waals surface area contributed by atoms with Gasteiger partial charge in [0.15, 0.2) is 0 Å². The number of aromatic nitrogens is 1. The van der Waals surface area contributed by atoms with Crippen LogP contribution >= 0.6 is 0 Å². The second kappa shape index (κ2) is 3.67. The second-order valence-electron chi connectivity index (χ2n) is 5.57. The summed E-state index contributed by atoms with van der Waals surface area (Å²) in [6.07, 6.45) is 0. The number of fused-ring (bicyclic) bond motifs is 5. The van der Waals surface area contributed by atoms with Gasteiger partial charge in [0, 0.05) is 17.8 Å². The van der Waals surface area contributed by atoms with Gasteiger partial charge in [-0.1, -0.05) is 42.5 Å². The number of rotatable bonds is 0. The number of para-hydroxylation sites is 4. The van der Waals surface area contributed by atoms with Crippen LogP contribution < -0.4 is 4.90 Å². The van der Waals surface area contributed by atoms with E-state index in [-0.39, 0.29) is 0 Å². The number of benzene rings is 3. The van der Waals surface area contributed by atoms with E-state index < -0.39 is 0 Å². The molecule has 2 heteroatoms. The monoisotopic (exact) mass is 270 g/mol. The van der Waals surface area contributed by atoms with Gasteiger partial charge in [0.25, 0.3) is 0 Å². The average Bonchev–Trinajstić information content (AvgIpc) is 2.88. The molecule has 4 aromatic rings. The number of hydrogen-bond acceptors (Lipinski definition) is 1. The molecule has 0 spiro atoms. The number of nitrogens with zero attached hydrogens (tertiary/aromatic N) is 2. The molecule has 0 unspecified atom stereocenters. The predicted molar refractivity (Wildman–Crippen MR) is 88.8 cm³/mol. The minimum atomic E-state index is 1.25. The van der Waals surface area contributed by atoms with Gasteiger partial charge in [-0.3, -0.25) is 0 Å². The Morgan fingerprint density at radius 2 is 1.29 bits per heavy atom. The maximum Gasteiger partial charge on any atom is 0.0779 e. The minimum Gasteiger partial charge on any atom is -0.341 e. The Morgan fingerprint density at radius 3 is 2.19 bits per heavy atom. The van der Waals surface area contributed by atoms with Crippen molar-refractivity contribution < 1.29 is 0 Å². The number of anilines is 2. The van der Waals surface area contributed by atoms with Gasteiger partial charge < -0.3 is 9.47 Å². The molecule has 2 nitrogen and oxygen atoms in total. The van der Waals surface area contributed by atoms with Crippen molar-refractivity contribution in [3.63, 3.8) is 0 Å². The lowest BCUT2D eigenvalue weighted by Crippen LogP contribution is -2.17. The molecule has 0 saturated carbocycles. The normalized spacial score (nSPS) is 12.9. The summed E-state index contributed by atoms with van der Waals surface area (Å²) in [5.74, 6) is 0. The van der Waals surface area contributed by atoms with E-state index >= 15 is 0 Å². The van der Waals surface area contributed by atoms with Crippen molar-refractivity contribution in [2.45, 2.75) is 0 Å². The fourth-order valence-corrected chi connectivity index (χ4v) is 3.59. The Morgan fingerprint density at radius 1 is 0.619 bits per heavy atom. The third-order valence-electron chi connectivity index (χ3n) is 4.52. The molecule has 0 amide bonds. The molecule has 2 heterocycles. The van der Waals surface area contributed by atoms with Crippen molar-refractivity contribution in [1.82, 2.24) is 4.57 Å². The maximum absolute atomic E-state index is 2.40. The Bertz CT molecular complexity index is 1010. The molecule has 1 aliphatic heterocycles. The zero-order valence-corrected chi connectivity index (χ0v) is 11.7. The van der Waals surface area contributed by atoms with Crippen LogP contribution in [-0.2, 0) is 0 Å². The highest BCUT2D eigenvalue weighted by atomic mass is 15.2. The molecule has 21 heavy (non-hydrogen) atoms. The van der Waals surface area contributed by atoms with E-state index in [0.717, 1.165) is 0 Å². The smallest absolute Gasteiger partial charge is 0.0779 e. The molecule has 100 valence electrons. The molecule has 0 atom stereocenters. The maximum atomic E-state index is 2.40. The highest BCUT2D eigenvalue weighted by Gasteiger charge is 2.24. The predicted octanol–water partition coefficient (Wildman–Crippen LogP) is 4.87. The van der Waals surface area contributed by atoms with Crippen LogP contribution in [0.1, 0.15) is 0 Å². The van der Waals surface area contributed by atoms with Crippen LogP contribution in [0.5, 0.6) is 0 Å². The molecule has 1 aromatic heterocycles. The van der Waals surface area contributed by atoms with Crippen LogP contribution in [0.25, 0.3) is 27.5 Å². The Balaban J connectivity index is 2.13. The van der Waals surface area contributed by atoms with Crippen molar-refractivity contribution in [1.29, 1.82) is 0 Å². The first-order valence-electron chi connectivity index (χ1n) is 7.21. The molecule has 1 aliphatic rings. The van der Waals surface area contributed by atoms with Crippen molar-refractivity contribution >= 4 is 33.2 Å². The first-order valence-corrected chi connectivity index (χ1v) is 7.21. The molecule has 3 aromatic carbocycles. The van der Waals surface area contributed by atoms with Crippen LogP contribution in [-0.4, -0.2) is 11.6 Å². The van der Waals surface area contributed by atoms with Crippen LogP contribution in [0, 0.1) is 0 Å². The first-order chi connectivity index (χ1) is 10.4. The summed E-state index contributed by atoms with van der Waals surface area (Å²) >= 11 is 0. The first kappa shape index (κ1) is 11.0. The van der Waals surface area contributed by atoms with E-state index in [0.29, 0.717) is 0 Å². The van der Waals surface area contributed by atoms with E-state index in [1.54, 1.807) is 0 Å². The van der Waals surface area contributed by atoms with Crippen LogP contribution in [0.15, 0.2) is 66.7 Å². The molecule has 0 N–H and O–H groups in total. The van der Waals surface area contributed by atoms with E-state index in [2.05, 4.69) is 83.2 Å². The van der Waals surface area contributed by atoms with E-state index in [4.69, 9.17) is 0 Å². The van der Waals surface area contributed by atoms with Crippen molar-refractivity contribution in [2.24, 2.45) is 0 Å². The van der Waals surface area contributed by atoms with Crippen LogP contribution in [0.2, 0.25) is 0 Å². The van der Waals surface area contributed by atoms with Gasteiger partial charge in [-0.25, -0.2) is 0 Å². The highest BCUT2D eigenvalue weighted by molar-refractivity contribution is 6.15. The SMILES string of the molecule is CN1c2ccccc2-n2c3ccccc3c3cccc1c32. The summed E-state index contributed by atoms with van der Waals surface area (Å²) in [4.78, 5) is 2.29. The largest absolute Gasteiger partial charge is 0.341 e. The highest BCUT2D eigenvalue weighted by Crippen LogP contribution is 2.45. The molecular weight excluding hydrogens is 256 g/mol. The number of hydrogen-bond donors (Lipinski definition) is 0. The lowest BCUT2D eigenvalue weighted by atomic mass is 10.1.